The van der Waals surface area contributed by atoms with E-state index < -0.39 is 11.8 Å². The zero-order chi connectivity index (χ0) is 23.5. The van der Waals surface area contributed by atoms with Crippen LogP contribution in [0.1, 0.15) is 5.56 Å². The van der Waals surface area contributed by atoms with Crippen molar-refractivity contribution in [2.75, 3.05) is 13.7 Å². The van der Waals surface area contributed by atoms with E-state index in [9.17, 15) is 9.59 Å². The number of thiocarbonyl (C=S) groups is 1. The van der Waals surface area contributed by atoms with Crippen molar-refractivity contribution in [2.24, 2.45) is 0 Å². The van der Waals surface area contributed by atoms with Crippen molar-refractivity contribution in [2.45, 2.75) is 0 Å². The maximum absolute atomic E-state index is 12.1. The molecule has 0 spiro atoms. The van der Waals surface area contributed by atoms with E-state index >= 15 is 0 Å². The molecule has 0 radical (unpaired) electrons. The normalized spacial score (nSPS) is 10.3. The second kappa shape index (κ2) is 12.0. The lowest BCUT2D eigenvalue weighted by atomic mass is 10.1. The van der Waals surface area contributed by atoms with Gasteiger partial charge in [0.1, 0.15) is 11.5 Å². The highest BCUT2D eigenvalue weighted by Crippen LogP contribution is 2.29. The number of hydrogen-bond donors (Lipinski definition) is 3. The van der Waals surface area contributed by atoms with Crippen molar-refractivity contribution in [1.82, 2.24) is 16.2 Å². The second-order valence-electron chi connectivity index (χ2n) is 6.75. The average molecular weight is 462 g/mol. The number of para-hydroxylation sites is 1. The molecular weight excluding hydrogens is 438 g/mol. The maximum atomic E-state index is 12.1. The summed E-state index contributed by atoms with van der Waals surface area (Å²) in [6, 6.07) is 24.4. The van der Waals surface area contributed by atoms with Gasteiger partial charge in [-0.3, -0.25) is 25.8 Å². The SMILES string of the molecule is COc1ccc(/C=C/C(=O)NC(=S)NNC(=O)COc2ccccc2-c2ccccc2)cc1. The van der Waals surface area contributed by atoms with Gasteiger partial charge in [0.05, 0.1) is 7.11 Å². The molecule has 8 heteroatoms. The summed E-state index contributed by atoms with van der Waals surface area (Å²) in [4.78, 5) is 24.1. The molecule has 0 saturated heterocycles. The molecule has 0 saturated carbocycles. The molecule has 2 amide bonds. The summed E-state index contributed by atoms with van der Waals surface area (Å²) in [6.45, 7) is -0.231. The van der Waals surface area contributed by atoms with Crippen LogP contribution in [0, 0.1) is 0 Å². The molecular formula is C25H23N3O4S. The molecule has 3 N–H and O–H groups in total. The van der Waals surface area contributed by atoms with E-state index in [2.05, 4.69) is 16.2 Å². The molecule has 0 bridgehead atoms. The highest BCUT2D eigenvalue weighted by molar-refractivity contribution is 7.80. The van der Waals surface area contributed by atoms with Gasteiger partial charge in [0, 0.05) is 11.6 Å². The Labute approximate surface area is 197 Å². The Balaban J connectivity index is 1.43. The Morgan fingerprint density at radius 3 is 2.33 bits per heavy atom. The van der Waals surface area contributed by atoms with Gasteiger partial charge in [-0.25, -0.2) is 0 Å². The van der Waals surface area contributed by atoms with Crippen molar-refractivity contribution in [3.63, 3.8) is 0 Å². The Morgan fingerprint density at radius 2 is 1.61 bits per heavy atom. The van der Waals surface area contributed by atoms with E-state index in [1.54, 1.807) is 31.4 Å². The first-order valence-electron chi connectivity index (χ1n) is 10.0. The standard InChI is InChI=1S/C25H23N3O4S/c1-31-20-14-11-18(12-15-20)13-16-23(29)26-25(33)28-27-24(30)17-32-22-10-6-5-9-21(22)19-7-3-2-4-8-19/h2-16H,17H2,1H3,(H,27,30)(H2,26,28,29,33)/b16-13+. The van der Waals surface area contributed by atoms with Crippen molar-refractivity contribution in [3.05, 3.63) is 90.5 Å². The first kappa shape index (κ1) is 23.5. The third kappa shape index (κ3) is 7.48. The molecule has 0 aliphatic heterocycles. The Kier molecular flexibility index (Phi) is 8.55. The fourth-order valence-corrected chi connectivity index (χ4v) is 2.98. The predicted octanol–water partition coefficient (Wildman–Crippen LogP) is 3.48. The molecule has 0 aliphatic rings. The number of methoxy groups -OCH3 is 1. The minimum Gasteiger partial charge on any atom is -0.497 e. The number of carbonyl (C=O) groups is 2. The molecule has 7 nitrogen and oxygen atoms in total. The summed E-state index contributed by atoms with van der Waals surface area (Å²) in [6.07, 6.45) is 2.97. The predicted molar refractivity (Wildman–Crippen MR) is 131 cm³/mol. The van der Waals surface area contributed by atoms with Crippen LogP contribution in [0.25, 0.3) is 17.2 Å². The Hall–Kier alpha value is -4.17. The van der Waals surface area contributed by atoms with Gasteiger partial charge in [-0.15, -0.1) is 0 Å². The minimum atomic E-state index is -0.455. The summed E-state index contributed by atoms with van der Waals surface area (Å²) >= 11 is 5.03. The summed E-state index contributed by atoms with van der Waals surface area (Å²) in [5.74, 6) is 0.414. The van der Waals surface area contributed by atoms with Crippen LogP contribution in [0.15, 0.2) is 84.9 Å². The number of ether oxygens (including phenoxy) is 2. The number of carbonyl (C=O) groups excluding carboxylic acids is 2. The lowest BCUT2D eigenvalue weighted by Crippen LogP contribution is -2.49. The van der Waals surface area contributed by atoms with Crippen LogP contribution in [-0.2, 0) is 9.59 Å². The van der Waals surface area contributed by atoms with E-state index in [1.165, 1.54) is 6.08 Å². The van der Waals surface area contributed by atoms with Crippen LogP contribution in [0.4, 0.5) is 0 Å². The maximum Gasteiger partial charge on any atom is 0.276 e. The Morgan fingerprint density at radius 1 is 0.909 bits per heavy atom. The van der Waals surface area contributed by atoms with Crippen LogP contribution >= 0.6 is 12.2 Å². The van der Waals surface area contributed by atoms with Crippen LogP contribution < -0.4 is 25.6 Å². The lowest BCUT2D eigenvalue weighted by molar-refractivity contribution is -0.123. The van der Waals surface area contributed by atoms with Gasteiger partial charge in [0.15, 0.2) is 11.7 Å². The number of nitrogens with one attached hydrogen (secondary N) is 3. The van der Waals surface area contributed by atoms with Crippen LogP contribution in [0.2, 0.25) is 0 Å². The zero-order valence-corrected chi connectivity index (χ0v) is 18.7. The summed E-state index contributed by atoms with van der Waals surface area (Å²) in [7, 11) is 1.58. The third-order valence-corrected chi connectivity index (χ3v) is 4.63. The van der Waals surface area contributed by atoms with Gasteiger partial charge >= 0.3 is 0 Å². The molecule has 3 aromatic carbocycles. The average Bonchev–Trinajstić information content (AvgIpc) is 2.86. The molecule has 168 valence electrons. The molecule has 0 heterocycles. The minimum absolute atomic E-state index is 0.0441. The molecule has 0 atom stereocenters. The number of rotatable bonds is 7. The molecule has 0 aliphatic carbocycles. The van der Waals surface area contributed by atoms with Crippen LogP contribution in [-0.4, -0.2) is 30.6 Å². The van der Waals surface area contributed by atoms with Gasteiger partial charge in [0.25, 0.3) is 5.91 Å². The smallest absolute Gasteiger partial charge is 0.276 e. The summed E-state index contributed by atoms with van der Waals surface area (Å²) < 4.78 is 10.8. The zero-order valence-electron chi connectivity index (χ0n) is 17.9. The molecule has 3 rings (SSSR count). The lowest BCUT2D eigenvalue weighted by Gasteiger charge is -2.13. The highest BCUT2D eigenvalue weighted by atomic mass is 32.1. The van der Waals surface area contributed by atoms with E-state index in [-0.39, 0.29) is 11.7 Å². The monoisotopic (exact) mass is 461 g/mol. The fourth-order valence-electron chi connectivity index (χ4n) is 2.83. The van der Waals surface area contributed by atoms with Crippen LogP contribution in [0.5, 0.6) is 11.5 Å². The van der Waals surface area contributed by atoms with Gasteiger partial charge in [-0.2, -0.15) is 0 Å². The van der Waals surface area contributed by atoms with Crippen molar-refractivity contribution in [3.8, 4) is 22.6 Å². The number of amides is 2. The second-order valence-corrected chi connectivity index (χ2v) is 7.16. The van der Waals surface area contributed by atoms with Gasteiger partial charge in [-0.1, -0.05) is 60.7 Å². The molecule has 0 fully saturated rings. The van der Waals surface area contributed by atoms with E-state index in [0.29, 0.717) is 5.75 Å². The van der Waals surface area contributed by atoms with E-state index in [0.717, 1.165) is 22.4 Å². The first-order chi connectivity index (χ1) is 16.0. The fraction of sp³-hybridized carbons (Fsp3) is 0.0800. The van der Waals surface area contributed by atoms with Crippen molar-refractivity contribution >= 4 is 35.2 Å². The quantitative estimate of drug-likeness (QED) is 0.284. The largest absolute Gasteiger partial charge is 0.497 e. The number of hydrazine groups is 1. The molecule has 0 unspecified atom stereocenters. The van der Waals surface area contributed by atoms with Crippen LogP contribution in [0.3, 0.4) is 0 Å². The van der Waals surface area contributed by atoms with E-state index in [1.807, 2.05) is 60.7 Å². The number of hydrogen-bond acceptors (Lipinski definition) is 5. The van der Waals surface area contributed by atoms with E-state index in [4.69, 9.17) is 21.7 Å². The van der Waals surface area contributed by atoms with Gasteiger partial charge in [-0.05, 0) is 47.6 Å². The molecule has 3 aromatic rings. The topological polar surface area (TPSA) is 88.7 Å². The number of benzene rings is 3. The highest BCUT2D eigenvalue weighted by Gasteiger charge is 2.09. The van der Waals surface area contributed by atoms with Gasteiger partial charge in [0.2, 0.25) is 5.91 Å². The Bertz CT molecular complexity index is 1130. The first-order valence-corrected chi connectivity index (χ1v) is 10.4. The molecule has 33 heavy (non-hydrogen) atoms. The van der Waals surface area contributed by atoms with Crippen molar-refractivity contribution in [1.29, 1.82) is 0 Å². The molecule has 0 aromatic heterocycles. The summed E-state index contributed by atoms with van der Waals surface area (Å²) in [5.41, 5.74) is 7.56. The van der Waals surface area contributed by atoms with Gasteiger partial charge < -0.3 is 9.47 Å². The summed E-state index contributed by atoms with van der Waals surface area (Å²) in [5, 5.41) is 2.40. The van der Waals surface area contributed by atoms with Crippen molar-refractivity contribution < 1.29 is 19.1 Å². The third-order valence-electron chi connectivity index (χ3n) is 4.43.